The average Bonchev–Trinajstić information content (AvgIpc) is 3.20. The molecule has 1 heterocycles. The lowest BCUT2D eigenvalue weighted by molar-refractivity contribution is -0.131. The number of imide groups is 2. The van der Waals surface area contributed by atoms with E-state index in [1.807, 2.05) is 13.8 Å². The molecule has 0 spiro atoms. The number of benzene rings is 1. The lowest BCUT2D eigenvalue weighted by atomic mass is 10.0. The number of hydrogen-bond acceptors (Lipinski definition) is 5. The lowest BCUT2D eigenvalue weighted by Crippen LogP contribution is -2.57. The number of hydrogen-bond donors (Lipinski definition) is 1. The van der Waals surface area contributed by atoms with Crippen LogP contribution in [0.25, 0.3) is 6.08 Å². The summed E-state index contributed by atoms with van der Waals surface area (Å²) < 4.78 is 11.2. The Morgan fingerprint density at radius 2 is 1.93 bits per heavy atom. The summed E-state index contributed by atoms with van der Waals surface area (Å²) in [4.78, 5) is 38.5. The van der Waals surface area contributed by atoms with Crippen LogP contribution in [0.4, 0.5) is 4.79 Å². The maximum atomic E-state index is 12.9. The van der Waals surface area contributed by atoms with E-state index in [-0.39, 0.29) is 17.7 Å². The van der Waals surface area contributed by atoms with Crippen molar-refractivity contribution in [1.82, 2.24) is 10.2 Å². The predicted octanol–water partition coefficient (Wildman–Crippen LogP) is 3.28. The van der Waals surface area contributed by atoms with Gasteiger partial charge >= 0.3 is 6.03 Å². The molecule has 4 amide bonds. The van der Waals surface area contributed by atoms with Gasteiger partial charge in [-0.15, -0.1) is 0 Å². The first-order valence-electron chi connectivity index (χ1n) is 9.69. The Morgan fingerprint density at radius 3 is 2.57 bits per heavy atom. The molecule has 1 saturated heterocycles. The molecule has 2 fully saturated rings. The highest BCUT2D eigenvalue weighted by molar-refractivity contribution is 6.31. The van der Waals surface area contributed by atoms with Gasteiger partial charge in [-0.05, 0) is 50.0 Å². The maximum Gasteiger partial charge on any atom is 0.331 e. The van der Waals surface area contributed by atoms with Gasteiger partial charge in [0.15, 0.2) is 11.5 Å². The predicted molar refractivity (Wildman–Crippen MR) is 104 cm³/mol. The van der Waals surface area contributed by atoms with Crippen LogP contribution in [0, 0.1) is 0 Å². The summed E-state index contributed by atoms with van der Waals surface area (Å²) in [6, 6.07) is 4.44. The zero-order valence-corrected chi connectivity index (χ0v) is 16.5. The molecule has 7 heteroatoms. The summed E-state index contributed by atoms with van der Waals surface area (Å²) >= 11 is 0. The largest absolute Gasteiger partial charge is 0.493 e. The Labute approximate surface area is 164 Å². The number of rotatable bonds is 6. The fourth-order valence-corrected chi connectivity index (χ4v) is 3.50. The van der Waals surface area contributed by atoms with Crippen molar-refractivity contribution in [2.45, 2.75) is 58.1 Å². The van der Waals surface area contributed by atoms with E-state index in [1.54, 1.807) is 18.2 Å². The molecule has 2 aliphatic rings. The highest BCUT2D eigenvalue weighted by Gasteiger charge is 2.40. The van der Waals surface area contributed by atoms with E-state index < -0.39 is 17.8 Å². The van der Waals surface area contributed by atoms with Gasteiger partial charge in [0.25, 0.3) is 11.8 Å². The van der Waals surface area contributed by atoms with E-state index in [2.05, 4.69) is 5.32 Å². The molecule has 0 radical (unpaired) electrons. The third-order valence-electron chi connectivity index (χ3n) is 5.22. The standard InChI is InChI=1S/C21H26N2O5/c1-4-13(2)28-17-10-9-14(12-18(17)27-3)11-16-19(24)22-21(26)23(20(16)25)15-7-5-6-8-15/h9-13,15H,4-8H2,1-3H3,(H,22,24,26)/b16-11+/t13-/m0/s1. The van der Waals surface area contributed by atoms with Crippen LogP contribution >= 0.6 is 0 Å². The van der Waals surface area contributed by atoms with E-state index in [9.17, 15) is 14.4 Å². The Kier molecular flexibility index (Phi) is 6.02. The molecule has 7 nitrogen and oxygen atoms in total. The van der Waals surface area contributed by atoms with E-state index in [1.165, 1.54) is 18.1 Å². The zero-order valence-electron chi connectivity index (χ0n) is 16.5. The first-order chi connectivity index (χ1) is 13.4. The third-order valence-corrected chi connectivity index (χ3v) is 5.22. The highest BCUT2D eigenvalue weighted by atomic mass is 16.5. The van der Waals surface area contributed by atoms with Crippen molar-refractivity contribution in [3.63, 3.8) is 0 Å². The van der Waals surface area contributed by atoms with Crippen LogP contribution in [-0.4, -0.2) is 42.0 Å². The summed E-state index contributed by atoms with van der Waals surface area (Å²) in [5.74, 6) is -0.106. The zero-order chi connectivity index (χ0) is 20.3. The molecule has 1 aliphatic heterocycles. The van der Waals surface area contributed by atoms with E-state index in [0.29, 0.717) is 17.1 Å². The quantitative estimate of drug-likeness (QED) is 0.599. The second-order valence-corrected chi connectivity index (χ2v) is 7.18. The number of amides is 4. The third kappa shape index (κ3) is 4.03. The van der Waals surface area contributed by atoms with Gasteiger partial charge < -0.3 is 9.47 Å². The molecule has 1 saturated carbocycles. The fourth-order valence-electron chi connectivity index (χ4n) is 3.50. The number of nitrogens with one attached hydrogen (secondary N) is 1. The minimum absolute atomic E-state index is 0.0368. The number of nitrogens with zero attached hydrogens (tertiary/aromatic N) is 1. The van der Waals surface area contributed by atoms with Crippen molar-refractivity contribution in [3.8, 4) is 11.5 Å². The molecule has 1 N–H and O–H groups in total. The van der Waals surface area contributed by atoms with Gasteiger partial charge in [-0.25, -0.2) is 4.79 Å². The van der Waals surface area contributed by atoms with Gasteiger partial charge in [0.1, 0.15) is 5.57 Å². The molecular formula is C21H26N2O5. The van der Waals surface area contributed by atoms with Crippen molar-refractivity contribution in [2.24, 2.45) is 0 Å². The van der Waals surface area contributed by atoms with Crippen LogP contribution in [0.15, 0.2) is 23.8 Å². The van der Waals surface area contributed by atoms with Gasteiger partial charge in [-0.3, -0.25) is 19.8 Å². The Bertz CT molecular complexity index is 811. The number of carbonyl (C=O) groups excluding carboxylic acids is 3. The number of methoxy groups -OCH3 is 1. The maximum absolute atomic E-state index is 12.9. The Balaban J connectivity index is 1.89. The van der Waals surface area contributed by atoms with Gasteiger partial charge in [0.05, 0.1) is 13.2 Å². The molecule has 1 aromatic carbocycles. The first-order valence-corrected chi connectivity index (χ1v) is 9.69. The molecule has 0 aromatic heterocycles. The smallest absolute Gasteiger partial charge is 0.331 e. The number of barbiturate groups is 1. The van der Waals surface area contributed by atoms with Crippen molar-refractivity contribution >= 4 is 23.9 Å². The summed E-state index contributed by atoms with van der Waals surface area (Å²) in [5.41, 5.74) is 0.566. The molecule has 150 valence electrons. The van der Waals surface area contributed by atoms with Crippen molar-refractivity contribution in [1.29, 1.82) is 0 Å². The number of ether oxygens (including phenoxy) is 2. The van der Waals surface area contributed by atoms with E-state index >= 15 is 0 Å². The molecular weight excluding hydrogens is 360 g/mol. The normalized spacial score (nSPS) is 20.5. The van der Waals surface area contributed by atoms with Gasteiger partial charge in [0, 0.05) is 6.04 Å². The minimum atomic E-state index is -0.678. The Hall–Kier alpha value is -2.83. The number of carbonyl (C=O) groups is 3. The van der Waals surface area contributed by atoms with Crippen LogP contribution in [-0.2, 0) is 9.59 Å². The van der Waals surface area contributed by atoms with Crippen LogP contribution < -0.4 is 14.8 Å². The minimum Gasteiger partial charge on any atom is -0.493 e. The molecule has 1 atom stereocenters. The summed E-state index contributed by atoms with van der Waals surface area (Å²) in [6.45, 7) is 4.00. The van der Waals surface area contributed by atoms with Crippen molar-refractivity contribution < 1.29 is 23.9 Å². The SMILES string of the molecule is CC[C@H](C)Oc1ccc(/C=C2\C(=O)NC(=O)N(C3CCCC3)C2=O)cc1OC. The molecule has 0 bridgehead atoms. The average molecular weight is 386 g/mol. The van der Waals surface area contributed by atoms with Crippen molar-refractivity contribution in [2.75, 3.05) is 7.11 Å². The molecule has 0 unspecified atom stereocenters. The van der Waals surface area contributed by atoms with E-state index in [4.69, 9.17) is 9.47 Å². The monoisotopic (exact) mass is 386 g/mol. The molecule has 3 rings (SSSR count). The van der Waals surface area contributed by atoms with Gasteiger partial charge in [-0.2, -0.15) is 0 Å². The van der Waals surface area contributed by atoms with E-state index in [0.717, 1.165) is 32.1 Å². The molecule has 28 heavy (non-hydrogen) atoms. The van der Waals surface area contributed by atoms with Gasteiger partial charge in [0.2, 0.25) is 0 Å². The summed E-state index contributed by atoms with van der Waals surface area (Å²) in [7, 11) is 1.54. The van der Waals surface area contributed by atoms with Crippen LogP contribution in [0.3, 0.4) is 0 Å². The van der Waals surface area contributed by atoms with Crippen molar-refractivity contribution in [3.05, 3.63) is 29.3 Å². The second-order valence-electron chi connectivity index (χ2n) is 7.18. The van der Waals surface area contributed by atoms with Crippen LogP contribution in [0.1, 0.15) is 51.5 Å². The van der Waals surface area contributed by atoms with Gasteiger partial charge in [-0.1, -0.05) is 25.8 Å². The topological polar surface area (TPSA) is 84.9 Å². The number of urea groups is 1. The second kappa shape index (κ2) is 8.46. The summed E-state index contributed by atoms with van der Waals surface area (Å²) in [5, 5.41) is 2.28. The first kappa shape index (κ1) is 19.9. The van der Waals surface area contributed by atoms with Crippen LogP contribution in [0.5, 0.6) is 11.5 Å². The molecule has 1 aliphatic carbocycles. The summed E-state index contributed by atoms with van der Waals surface area (Å²) in [6.07, 6.45) is 5.88. The molecule has 1 aromatic rings. The Morgan fingerprint density at radius 1 is 1.21 bits per heavy atom. The highest BCUT2D eigenvalue weighted by Crippen LogP contribution is 2.31. The fraction of sp³-hybridized carbons (Fsp3) is 0.476. The lowest BCUT2D eigenvalue weighted by Gasteiger charge is -2.31. The van der Waals surface area contributed by atoms with Crippen LogP contribution in [0.2, 0.25) is 0 Å².